The third-order valence-electron chi connectivity index (χ3n) is 4.60. The van der Waals surface area contributed by atoms with E-state index in [4.69, 9.17) is 0 Å². The molecule has 0 unspecified atom stereocenters. The monoisotopic (exact) mass is 396 g/mol. The van der Waals surface area contributed by atoms with E-state index in [1.807, 2.05) is 95.9 Å². The lowest BCUT2D eigenvalue weighted by molar-refractivity contribution is -0.384. The fourth-order valence-corrected chi connectivity index (χ4v) is 3.18. The molecule has 3 aromatic carbocycles. The molecule has 0 atom stereocenters. The second-order valence-electron chi connectivity index (χ2n) is 6.69. The van der Waals surface area contributed by atoms with Crippen molar-refractivity contribution in [2.24, 2.45) is 0 Å². The summed E-state index contributed by atoms with van der Waals surface area (Å²) in [5.74, 6) is 0.826. The van der Waals surface area contributed by atoms with E-state index in [0.717, 1.165) is 16.9 Å². The molecule has 0 radical (unpaired) electrons. The predicted molar refractivity (Wildman–Crippen MR) is 119 cm³/mol. The molecular weight excluding hydrogens is 376 g/mol. The Kier molecular flexibility index (Phi) is 5.66. The van der Waals surface area contributed by atoms with Crippen LogP contribution in [0.1, 0.15) is 5.56 Å². The Morgan fingerprint density at radius 2 is 1.40 bits per heavy atom. The summed E-state index contributed by atoms with van der Waals surface area (Å²) in [5.41, 5.74) is 2.67. The van der Waals surface area contributed by atoms with E-state index in [0.29, 0.717) is 12.4 Å². The summed E-state index contributed by atoms with van der Waals surface area (Å²) in [6.07, 6.45) is 0. The summed E-state index contributed by atoms with van der Waals surface area (Å²) in [7, 11) is 0. The van der Waals surface area contributed by atoms with Crippen molar-refractivity contribution < 1.29 is 4.92 Å². The van der Waals surface area contributed by atoms with E-state index >= 15 is 0 Å². The number of rotatable bonds is 7. The summed E-state index contributed by atoms with van der Waals surface area (Å²) >= 11 is 0. The Labute approximate surface area is 174 Å². The van der Waals surface area contributed by atoms with Gasteiger partial charge in [0.05, 0.1) is 4.92 Å². The number of nitrogens with zero attached hydrogens (tertiary/aromatic N) is 3. The Hall–Kier alpha value is -4.19. The molecule has 6 nitrogen and oxygen atoms in total. The normalized spacial score (nSPS) is 10.4. The van der Waals surface area contributed by atoms with Crippen LogP contribution in [0.15, 0.2) is 103 Å². The van der Waals surface area contributed by atoms with Crippen LogP contribution in [0.3, 0.4) is 0 Å². The molecule has 4 rings (SSSR count). The van der Waals surface area contributed by atoms with E-state index in [-0.39, 0.29) is 11.5 Å². The van der Waals surface area contributed by atoms with Crippen LogP contribution in [0, 0.1) is 10.1 Å². The summed E-state index contributed by atoms with van der Waals surface area (Å²) in [6, 6.07) is 32.1. The van der Waals surface area contributed by atoms with Crippen molar-refractivity contribution in [1.82, 2.24) is 4.98 Å². The fraction of sp³-hybridized carbons (Fsp3) is 0.0417. The highest BCUT2D eigenvalue weighted by Crippen LogP contribution is 2.35. The third kappa shape index (κ3) is 4.44. The van der Waals surface area contributed by atoms with E-state index in [1.165, 1.54) is 6.07 Å². The predicted octanol–water partition coefficient (Wildman–Crippen LogP) is 6.07. The molecule has 0 aliphatic carbocycles. The number of benzene rings is 3. The quantitative estimate of drug-likeness (QED) is 0.303. The van der Waals surface area contributed by atoms with Crippen molar-refractivity contribution >= 4 is 28.7 Å². The molecule has 1 heterocycles. The highest BCUT2D eigenvalue weighted by Gasteiger charge is 2.23. The van der Waals surface area contributed by atoms with Gasteiger partial charge in [-0.05, 0) is 35.9 Å². The van der Waals surface area contributed by atoms with Crippen LogP contribution >= 0.6 is 0 Å². The van der Waals surface area contributed by atoms with Gasteiger partial charge in [0, 0.05) is 24.0 Å². The van der Waals surface area contributed by atoms with Crippen molar-refractivity contribution in [3.63, 3.8) is 0 Å². The molecule has 6 heteroatoms. The minimum Gasteiger partial charge on any atom is -0.340 e. The third-order valence-corrected chi connectivity index (χ3v) is 4.60. The molecule has 148 valence electrons. The highest BCUT2D eigenvalue weighted by molar-refractivity contribution is 5.71. The summed E-state index contributed by atoms with van der Waals surface area (Å²) in [5, 5.41) is 15.0. The molecule has 0 saturated carbocycles. The molecule has 0 aliphatic rings. The number of pyridine rings is 1. The number of hydrogen-bond donors (Lipinski definition) is 1. The van der Waals surface area contributed by atoms with E-state index in [9.17, 15) is 10.1 Å². The van der Waals surface area contributed by atoms with Crippen molar-refractivity contribution in [3.05, 3.63) is 119 Å². The maximum absolute atomic E-state index is 11.8. The average Bonchev–Trinajstić information content (AvgIpc) is 2.79. The first-order valence-electron chi connectivity index (χ1n) is 9.55. The minimum atomic E-state index is -0.393. The number of hydrogen-bond acceptors (Lipinski definition) is 5. The van der Waals surface area contributed by atoms with Gasteiger partial charge in [-0.25, -0.2) is 4.98 Å². The Balaban J connectivity index is 1.79. The molecule has 0 spiro atoms. The minimum absolute atomic E-state index is 0.0478. The standard InChI is InChI=1S/C24H20N4O2/c29-28(30)22-16-17-23(25-20-12-6-2-7-13-20)26-24(22)27(21-14-8-3-9-15-21)18-19-10-4-1-5-11-19/h1-17H,18H2,(H,25,26). The average molecular weight is 396 g/mol. The first-order chi connectivity index (χ1) is 14.7. The van der Waals surface area contributed by atoms with Gasteiger partial charge in [-0.15, -0.1) is 0 Å². The van der Waals surface area contributed by atoms with E-state index in [2.05, 4.69) is 10.3 Å². The van der Waals surface area contributed by atoms with Crippen molar-refractivity contribution in [2.45, 2.75) is 6.54 Å². The number of anilines is 4. The molecule has 4 aromatic rings. The fourth-order valence-electron chi connectivity index (χ4n) is 3.18. The second kappa shape index (κ2) is 8.87. The van der Waals surface area contributed by atoms with Gasteiger partial charge < -0.3 is 10.2 Å². The maximum Gasteiger partial charge on any atom is 0.312 e. The zero-order valence-corrected chi connectivity index (χ0v) is 16.2. The molecule has 0 saturated heterocycles. The van der Waals surface area contributed by atoms with Gasteiger partial charge in [-0.1, -0.05) is 66.7 Å². The van der Waals surface area contributed by atoms with Gasteiger partial charge in [-0.2, -0.15) is 0 Å². The number of aromatic nitrogens is 1. The van der Waals surface area contributed by atoms with Gasteiger partial charge in [0.15, 0.2) is 0 Å². The van der Waals surface area contributed by atoms with Crippen molar-refractivity contribution in [1.29, 1.82) is 0 Å². The molecule has 0 aliphatic heterocycles. The zero-order chi connectivity index (χ0) is 20.8. The molecule has 0 amide bonds. The summed E-state index contributed by atoms with van der Waals surface area (Å²) in [4.78, 5) is 17.9. The lowest BCUT2D eigenvalue weighted by Gasteiger charge is -2.24. The molecule has 0 fully saturated rings. The maximum atomic E-state index is 11.8. The Morgan fingerprint density at radius 3 is 2.03 bits per heavy atom. The lowest BCUT2D eigenvalue weighted by atomic mass is 10.2. The van der Waals surface area contributed by atoms with Crippen molar-refractivity contribution in [2.75, 3.05) is 10.2 Å². The van der Waals surface area contributed by atoms with Gasteiger partial charge in [0.2, 0.25) is 5.82 Å². The smallest absolute Gasteiger partial charge is 0.312 e. The first-order valence-corrected chi connectivity index (χ1v) is 9.55. The molecule has 30 heavy (non-hydrogen) atoms. The van der Waals surface area contributed by atoms with Gasteiger partial charge >= 0.3 is 5.69 Å². The second-order valence-corrected chi connectivity index (χ2v) is 6.69. The van der Waals surface area contributed by atoms with Crippen LogP contribution in [-0.2, 0) is 6.54 Å². The first kappa shape index (κ1) is 19.1. The number of para-hydroxylation sites is 2. The van der Waals surface area contributed by atoms with Gasteiger partial charge in [0.25, 0.3) is 0 Å². The largest absolute Gasteiger partial charge is 0.340 e. The van der Waals surface area contributed by atoms with Crippen LogP contribution in [0.2, 0.25) is 0 Å². The Morgan fingerprint density at radius 1 is 0.800 bits per heavy atom. The van der Waals surface area contributed by atoms with E-state index < -0.39 is 4.92 Å². The van der Waals surface area contributed by atoms with E-state index in [1.54, 1.807) is 6.07 Å². The highest BCUT2D eigenvalue weighted by atomic mass is 16.6. The molecule has 0 bridgehead atoms. The SMILES string of the molecule is O=[N+]([O-])c1ccc(Nc2ccccc2)nc1N(Cc1ccccc1)c1ccccc1. The van der Waals surface area contributed by atoms with Gasteiger partial charge in [0.1, 0.15) is 5.82 Å². The van der Waals surface area contributed by atoms with Crippen LogP contribution < -0.4 is 10.2 Å². The van der Waals surface area contributed by atoms with Crippen LogP contribution in [0.25, 0.3) is 0 Å². The molecule has 1 N–H and O–H groups in total. The Bertz CT molecular complexity index is 1120. The molecular formula is C24H20N4O2. The van der Waals surface area contributed by atoms with Gasteiger partial charge in [-0.3, -0.25) is 10.1 Å². The molecule has 1 aromatic heterocycles. The number of nitro groups is 1. The number of nitrogens with one attached hydrogen (secondary N) is 1. The van der Waals surface area contributed by atoms with Crippen LogP contribution in [0.4, 0.5) is 28.7 Å². The summed E-state index contributed by atoms with van der Waals surface area (Å²) in [6.45, 7) is 0.452. The van der Waals surface area contributed by atoms with Crippen LogP contribution in [0.5, 0.6) is 0 Å². The van der Waals surface area contributed by atoms with Crippen molar-refractivity contribution in [3.8, 4) is 0 Å². The summed E-state index contributed by atoms with van der Waals surface area (Å²) < 4.78 is 0. The topological polar surface area (TPSA) is 71.3 Å². The van der Waals surface area contributed by atoms with Crippen LogP contribution in [-0.4, -0.2) is 9.91 Å². The lowest BCUT2D eigenvalue weighted by Crippen LogP contribution is -2.19. The zero-order valence-electron chi connectivity index (χ0n) is 16.2.